The predicted molar refractivity (Wildman–Crippen MR) is 83.6 cm³/mol. The van der Waals surface area contributed by atoms with Crippen molar-refractivity contribution in [2.45, 2.75) is 40.0 Å². The fourth-order valence-corrected chi connectivity index (χ4v) is 2.33. The summed E-state index contributed by atoms with van der Waals surface area (Å²) >= 11 is 6.05. The van der Waals surface area contributed by atoms with Gasteiger partial charge in [0.25, 0.3) is 0 Å². The third-order valence-electron chi connectivity index (χ3n) is 3.65. The third kappa shape index (κ3) is 4.06. The van der Waals surface area contributed by atoms with E-state index in [0.717, 1.165) is 17.0 Å². The van der Waals surface area contributed by atoms with E-state index in [2.05, 4.69) is 5.10 Å². The summed E-state index contributed by atoms with van der Waals surface area (Å²) in [7, 11) is 0. The van der Waals surface area contributed by atoms with E-state index in [1.165, 1.54) is 5.56 Å². The minimum absolute atomic E-state index is 0.253. The van der Waals surface area contributed by atoms with Crippen LogP contribution in [0.15, 0.2) is 24.3 Å². The first-order valence-corrected chi connectivity index (χ1v) is 7.36. The number of hydrogen-bond acceptors (Lipinski definition) is 3. The zero-order valence-corrected chi connectivity index (χ0v) is 13.4. The second-order valence-corrected chi connectivity index (χ2v) is 5.65. The van der Waals surface area contributed by atoms with E-state index in [9.17, 15) is 5.11 Å². The highest BCUT2D eigenvalue weighted by molar-refractivity contribution is 6.31. The largest absolute Gasteiger partial charge is 0.389 e. The molecule has 0 aliphatic rings. The Balaban J connectivity index is 1.84. The summed E-state index contributed by atoms with van der Waals surface area (Å²) in [6, 6.07) is 7.54. The maximum Gasteiger partial charge on any atom is 0.0969 e. The van der Waals surface area contributed by atoms with E-state index in [4.69, 9.17) is 16.3 Å². The summed E-state index contributed by atoms with van der Waals surface area (Å²) in [5.74, 6) is 0. The van der Waals surface area contributed by atoms with E-state index in [1.54, 1.807) is 0 Å². The molecule has 0 saturated heterocycles. The number of aliphatic hydroxyl groups is 1. The molecule has 0 radical (unpaired) electrons. The number of aliphatic hydroxyl groups excluding tert-OH is 1. The lowest BCUT2D eigenvalue weighted by Crippen LogP contribution is -2.23. The Morgan fingerprint density at radius 1 is 1.29 bits per heavy atom. The topological polar surface area (TPSA) is 47.3 Å². The van der Waals surface area contributed by atoms with Gasteiger partial charge in [0.05, 0.1) is 31.6 Å². The molecule has 0 bridgehead atoms. The quantitative estimate of drug-likeness (QED) is 0.892. The van der Waals surface area contributed by atoms with Crippen LogP contribution in [0.3, 0.4) is 0 Å². The lowest BCUT2D eigenvalue weighted by molar-refractivity contribution is 0.0184. The van der Waals surface area contributed by atoms with Crippen LogP contribution in [0.1, 0.15) is 22.5 Å². The van der Waals surface area contributed by atoms with Crippen LogP contribution < -0.4 is 0 Å². The monoisotopic (exact) mass is 308 g/mol. The van der Waals surface area contributed by atoms with Gasteiger partial charge in [-0.25, -0.2) is 0 Å². The Labute approximate surface area is 130 Å². The van der Waals surface area contributed by atoms with Crippen molar-refractivity contribution < 1.29 is 9.84 Å². The van der Waals surface area contributed by atoms with Crippen molar-refractivity contribution in [1.29, 1.82) is 0 Å². The Bertz CT molecular complexity index is 610. The molecule has 1 aromatic carbocycles. The molecule has 0 aliphatic heterocycles. The molecule has 0 aliphatic carbocycles. The van der Waals surface area contributed by atoms with Crippen molar-refractivity contribution in [2.24, 2.45) is 0 Å². The highest BCUT2D eigenvalue weighted by atomic mass is 35.5. The standard InChI is InChI=1S/C16H21ClN2O2/c1-11-12(2)18-19(13(11)3)8-15(20)10-21-9-14-6-4-5-7-16(14)17/h4-7,15,20H,8-10H2,1-3H3/t15-/m1/s1. The van der Waals surface area contributed by atoms with Crippen LogP contribution in [-0.2, 0) is 17.9 Å². The van der Waals surface area contributed by atoms with Gasteiger partial charge in [0, 0.05) is 10.7 Å². The number of benzene rings is 1. The fourth-order valence-electron chi connectivity index (χ4n) is 2.14. The summed E-state index contributed by atoms with van der Waals surface area (Å²) in [6.45, 7) is 7.10. The van der Waals surface area contributed by atoms with Gasteiger partial charge < -0.3 is 9.84 Å². The average molecular weight is 309 g/mol. The molecule has 0 saturated carbocycles. The summed E-state index contributed by atoms with van der Waals surface area (Å²) in [6.07, 6.45) is -0.593. The third-order valence-corrected chi connectivity index (χ3v) is 4.02. The number of rotatable bonds is 6. The summed E-state index contributed by atoms with van der Waals surface area (Å²) in [5.41, 5.74) is 4.17. The van der Waals surface area contributed by atoms with Crippen LogP contribution in [0.2, 0.25) is 5.02 Å². The van der Waals surface area contributed by atoms with E-state index in [-0.39, 0.29) is 6.61 Å². The van der Waals surface area contributed by atoms with Gasteiger partial charge in [-0.3, -0.25) is 4.68 Å². The van der Waals surface area contributed by atoms with Gasteiger partial charge in [0.15, 0.2) is 0 Å². The zero-order valence-electron chi connectivity index (χ0n) is 12.6. The Morgan fingerprint density at radius 2 is 2.00 bits per heavy atom. The zero-order chi connectivity index (χ0) is 15.4. The van der Waals surface area contributed by atoms with Crippen molar-refractivity contribution in [3.8, 4) is 0 Å². The first-order valence-electron chi connectivity index (χ1n) is 6.99. The first kappa shape index (κ1) is 16.0. The number of nitrogens with zero attached hydrogens (tertiary/aromatic N) is 2. The van der Waals surface area contributed by atoms with Crippen LogP contribution in [0.25, 0.3) is 0 Å². The molecule has 0 fully saturated rings. The van der Waals surface area contributed by atoms with Crippen molar-refractivity contribution >= 4 is 11.6 Å². The number of halogens is 1. The number of hydrogen-bond donors (Lipinski definition) is 1. The lowest BCUT2D eigenvalue weighted by Gasteiger charge is -2.13. The van der Waals surface area contributed by atoms with Crippen LogP contribution in [0.5, 0.6) is 0 Å². The van der Waals surface area contributed by atoms with Gasteiger partial charge >= 0.3 is 0 Å². The Morgan fingerprint density at radius 3 is 2.62 bits per heavy atom. The normalized spacial score (nSPS) is 12.6. The minimum Gasteiger partial charge on any atom is -0.389 e. The molecule has 21 heavy (non-hydrogen) atoms. The molecular formula is C16H21ClN2O2. The van der Waals surface area contributed by atoms with Gasteiger partial charge in [0.1, 0.15) is 0 Å². The van der Waals surface area contributed by atoms with Gasteiger partial charge in [-0.1, -0.05) is 29.8 Å². The second-order valence-electron chi connectivity index (χ2n) is 5.24. The van der Waals surface area contributed by atoms with Gasteiger partial charge in [0.2, 0.25) is 0 Å². The first-order chi connectivity index (χ1) is 9.99. The number of aryl methyl sites for hydroxylation is 1. The molecule has 1 atom stereocenters. The fraction of sp³-hybridized carbons (Fsp3) is 0.438. The molecule has 0 amide bonds. The highest BCUT2D eigenvalue weighted by Gasteiger charge is 2.12. The smallest absolute Gasteiger partial charge is 0.0969 e. The molecule has 2 aromatic rings. The van der Waals surface area contributed by atoms with Crippen molar-refractivity contribution in [1.82, 2.24) is 9.78 Å². The number of ether oxygens (including phenoxy) is 1. The van der Waals surface area contributed by atoms with E-state index >= 15 is 0 Å². The van der Waals surface area contributed by atoms with Crippen molar-refractivity contribution in [3.63, 3.8) is 0 Å². The van der Waals surface area contributed by atoms with Crippen LogP contribution in [0, 0.1) is 20.8 Å². The molecule has 1 aromatic heterocycles. The summed E-state index contributed by atoms with van der Waals surface area (Å²) in [4.78, 5) is 0. The molecular weight excluding hydrogens is 288 g/mol. The van der Waals surface area contributed by atoms with Crippen molar-refractivity contribution in [3.05, 3.63) is 51.8 Å². The maximum atomic E-state index is 10.1. The highest BCUT2D eigenvalue weighted by Crippen LogP contribution is 2.16. The maximum absolute atomic E-state index is 10.1. The van der Waals surface area contributed by atoms with Crippen molar-refractivity contribution in [2.75, 3.05) is 6.61 Å². The molecule has 1 heterocycles. The van der Waals surface area contributed by atoms with Crippen LogP contribution >= 0.6 is 11.6 Å². The molecule has 0 spiro atoms. The van der Waals surface area contributed by atoms with E-state index in [1.807, 2.05) is 49.7 Å². The molecule has 2 rings (SSSR count). The summed E-state index contributed by atoms with van der Waals surface area (Å²) in [5, 5.41) is 15.1. The molecule has 4 nitrogen and oxygen atoms in total. The Kier molecular flexibility index (Phi) is 5.39. The SMILES string of the molecule is Cc1nn(C[C@@H](O)COCc2ccccc2Cl)c(C)c1C. The Hall–Kier alpha value is -1.36. The molecule has 1 N–H and O–H groups in total. The molecule has 114 valence electrons. The lowest BCUT2D eigenvalue weighted by atomic mass is 10.2. The second kappa shape index (κ2) is 7.07. The van der Waals surface area contributed by atoms with Crippen LogP contribution in [0.4, 0.5) is 0 Å². The minimum atomic E-state index is -0.593. The van der Waals surface area contributed by atoms with E-state index in [0.29, 0.717) is 18.2 Å². The van der Waals surface area contributed by atoms with Gasteiger partial charge in [-0.2, -0.15) is 5.10 Å². The predicted octanol–water partition coefficient (Wildman–Crippen LogP) is 3.04. The summed E-state index contributed by atoms with van der Waals surface area (Å²) < 4.78 is 7.36. The van der Waals surface area contributed by atoms with E-state index < -0.39 is 6.10 Å². The molecule has 0 unspecified atom stereocenters. The average Bonchev–Trinajstić information content (AvgIpc) is 2.68. The van der Waals surface area contributed by atoms with Crippen LogP contribution in [-0.4, -0.2) is 27.6 Å². The van der Waals surface area contributed by atoms with Gasteiger partial charge in [-0.05, 0) is 38.0 Å². The number of aromatic nitrogens is 2. The van der Waals surface area contributed by atoms with Gasteiger partial charge in [-0.15, -0.1) is 0 Å². The molecule has 5 heteroatoms.